The molecule has 1 aromatic carbocycles. The van der Waals surface area contributed by atoms with Crippen LogP contribution in [-0.4, -0.2) is 38.9 Å². The van der Waals surface area contributed by atoms with Crippen LogP contribution >= 0.6 is 0 Å². The van der Waals surface area contributed by atoms with E-state index in [1.54, 1.807) is 45.8 Å². The molecular weight excluding hydrogens is 285 g/mol. The van der Waals surface area contributed by atoms with E-state index in [2.05, 4.69) is 5.32 Å². The van der Waals surface area contributed by atoms with Crippen LogP contribution in [0.1, 0.15) is 32.3 Å². The van der Waals surface area contributed by atoms with Gasteiger partial charge in [-0.05, 0) is 38.5 Å². The molecule has 1 aromatic rings. The van der Waals surface area contributed by atoms with E-state index in [1.807, 2.05) is 6.07 Å². The summed E-state index contributed by atoms with van der Waals surface area (Å²) in [5, 5.41) is 2.67. The fraction of sp³-hybridized carbons (Fsp3) is 0.562. The largest absolute Gasteiger partial charge is 0.444 e. The summed E-state index contributed by atoms with van der Waals surface area (Å²) in [6.07, 6.45) is -0.503. The first-order chi connectivity index (χ1) is 10.1. The molecule has 0 aliphatic carbocycles. The maximum absolute atomic E-state index is 14.0. The second-order valence-electron chi connectivity index (χ2n) is 6.42. The standard InChI is InChI=1S/C16H26FN3O2/c1-16(2,3)22-15(21)19-10-12(9-18)11-6-7-14(20(4)5)13(17)8-11/h6-8,12H,9-10,18H2,1-5H3,(H,19,21). The smallest absolute Gasteiger partial charge is 0.407 e. The van der Waals surface area contributed by atoms with E-state index in [0.717, 1.165) is 5.56 Å². The highest BCUT2D eigenvalue weighted by atomic mass is 19.1. The van der Waals surface area contributed by atoms with Gasteiger partial charge in [0.25, 0.3) is 0 Å². The lowest BCUT2D eigenvalue weighted by Gasteiger charge is -2.22. The number of alkyl carbamates (subject to hydrolysis) is 1. The molecule has 0 aliphatic rings. The average molecular weight is 311 g/mol. The number of carbonyl (C=O) groups excluding carboxylic acids is 1. The Morgan fingerprint density at radius 1 is 1.41 bits per heavy atom. The second-order valence-corrected chi connectivity index (χ2v) is 6.42. The van der Waals surface area contributed by atoms with E-state index in [1.165, 1.54) is 6.07 Å². The number of nitrogens with zero attached hydrogens (tertiary/aromatic N) is 1. The zero-order valence-electron chi connectivity index (χ0n) is 13.9. The van der Waals surface area contributed by atoms with Crippen LogP contribution < -0.4 is 16.0 Å². The average Bonchev–Trinajstić information content (AvgIpc) is 2.36. The first kappa shape index (κ1) is 18.2. The van der Waals surface area contributed by atoms with Gasteiger partial charge < -0.3 is 20.7 Å². The molecule has 1 atom stereocenters. The predicted molar refractivity (Wildman–Crippen MR) is 86.8 cm³/mol. The molecule has 0 saturated heterocycles. The van der Waals surface area contributed by atoms with Crippen molar-refractivity contribution in [2.75, 3.05) is 32.1 Å². The number of benzene rings is 1. The molecule has 0 aromatic heterocycles. The summed E-state index contributed by atoms with van der Waals surface area (Å²) in [6, 6.07) is 5.00. The number of hydrogen-bond donors (Lipinski definition) is 2. The highest BCUT2D eigenvalue weighted by molar-refractivity contribution is 5.67. The van der Waals surface area contributed by atoms with Crippen molar-refractivity contribution in [3.63, 3.8) is 0 Å². The first-order valence-electron chi connectivity index (χ1n) is 7.27. The van der Waals surface area contributed by atoms with Crippen molar-refractivity contribution in [2.45, 2.75) is 32.3 Å². The summed E-state index contributed by atoms with van der Waals surface area (Å²) >= 11 is 0. The van der Waals surface area contributed by atoms with Crippen molar-refractivity contribution in [1.29, 1.82) is 0 Å². The Labute approximate surface area is 131 Å². The molecule has 22 heavy (non-hydrogen) atoms. The van der Waals surface area contributed by atoms with E-state index < -0.39 is 11.7 Å². The Kier molecular flexibility index (Phi) is 6.17. The van der Waals surface area contributed by atoms with Crippen LogP contribution in [-0.2, 0) is 4.74 Å². The fourth-order valence-electron chi connectivity index (χ4n) is 2.00. The van der Waals surface area contributed by atoms with Crippen LogP contribution in [0.2, 0.25) is 0 Å². The van der Waals surface area contributed by atoms with E-state index in [4.69, 9.17) is 10.5 Å². The summed E-state index contributed by atoms with van der Waals surface area (Å²) in [4.78, 5) is 13.4. The quantitative estimate of drug-likeness (QED) is 0.876. The normalized spacial score (nSPS) is 12.7. The van der Waals surface area contributed by atoms with Gasteiger partial charge in [-0.2, -0.15) is 0 Å². The predicted octanol–water partition coefficient (Wildman–Crippen LogP) is 2.46. The van der Waals surface area contributed by atoms with E-state index in [-0.39, 0.29) is 11.7 Å². The van der Waals surface area contributed by atoms with Crippen LogP contribution in [0.3, 0.4) is 0 Å². The number of anilines is 1. The number of carbonyl (C=O) groups is 1. The minimum atomic E-state index is -0.554. The maximum Gasteiger partial charge on any atom is 0.407 e. The molecule has 0 saturated carbocycles. The number of amides is 1. The number of hydrogen-bond acceptors (Lipinski definition) is 4. The lowest BCUT2D eigenvalue weighted by Crippen LogP contribution is -2.36. The third-order valence-electron chi connectivity index (χ3n) is 3.10. The SMILES string of the molecule is CN(C)c1ccc(C(CN)CNC(=O)OC(C)(C)C)cc1F. The third-order valence-corrected chi connectivity index (χ3v) is 3.10. The number of nitrogens with two attached hydrogens (primary N) is 1. The Morgan fingerprint density at radius 3 is 2.50 bits per heavy atom. The van der Waals surface area contributed by atoms with Gasteiger partial charge in [0, 0.05) is 33.1 Å². The van der Waals surface area contributed by atoms with Crippen molar-refractivity contribution in [1.82, 2.24) is 5.32 Å². The molecule has 1 amide bonds. The second kappa shape index (κ2) is 7.45. The summed E-state index contributed by atoms with van der Waals surface area (Å²) < 4.78 is 19.2. The lowest BCUT2D eigenvalue weighted by atomic mass is 9.98. The van der Waals surface area contributed by atoms with Gasteiger partial charge in [-0.3, -0.25) is 0 Å². The monoisotopic (exact) mass is 311 g/mol. The van der Waals surface area contributed by atoms with Gasteiger partial charge in [0.05, 0.1) is 5.69 Å². The summed E-state index contributed by atoms with van der Waals surface area (Å²) in [5.74, 6) is -0.476. The Hall–Kier alpha value is -1.82. The zero-order valence-corrected chi connectivity index (χ0v) is 13.9. The van der Waals surface area contributed by atoms with Crippen molar-refractivity contribution in [3.05, 3.63) is 29.6 Å². The molecule has 0 fully saturated rings. The number of nitrogens with one attached hydrogen (secondary N) is 1. The molecule has 124 valence electrons. The minimum Gasteiger partial charge on any atom is -0.444 e. The van der Waals surface area contributed by atoms with Crippen LogP contribution in [0.4, 0.5) is 14.9 Å². The molecule has 0 heterocycles. The number of rotatable bonds is 5. The Bertz CT molecular complexity index is 513. The first-order valence-corrected chi connectivity index (χ1v) is 7.27. The van der Waals surface area contributed by atoms with Crippen LogP contribution in [0.15, 0.2) is 18.2 Å². The Morgan fingerprint density at radius 2 is 2.05 bits per heavy atom. The van der Waals surface area contributed by atoms with E-state index >= 15 is 0 Å². The minimum absolute atomic E-state index is 0.168. The molecular formula is C16H26FN3O2. The van der Waals surface area contributed by atoms with Crippen LogP contribution in [0.5, 0.6) is 0 Å². The van der Waals surface area contributed by atoms with Gasteiger partial charge in [0.1, 0.15) is 11.4 Å². The third kappa shape index (κ3) is 5.52. The lowest BCUT2D eigenvalue weighted by molar-refractivity contribution is 0.0525. The molecule has 0 spiro atoms. The van der Waals surface area contributed by atoms with Gasteiger partial charge in [-0.15, -0.1) is 0 Å². The Balaban J connectivity index is 2.72. The molecule has 0 aliphatic heterocycles. The van der Waals surface area contributed by atoms with Crippen LogP contribution in [0, 0.1) is 5.82 Å². The zero-order chi connectivity index (χ0) is 16.9. The van der Waals surface area contributed by atoms with Crippen molar-refractivity contribution in [3.8, 4) is 0 Å². The molecule has 1 rings (SSSR count). The highest BCUT2D eigenvalue weighted by Gasteiger charge is 2.18. The summed E-state index contributed by atoms with van der Waals surface area (Å²) in [7, 11) is 3.56. The van der Waals surface area contributed by atoms with Crippen molar-refractivity contribution < 1.29 is 13.9 Å². The van der Waals surface area contributed by atoms with Gasteiger partial charge >= 0.3 is 6.09 Å². The number of halogens is 1. The van der Waals surface area contributed by atoms with Gasteiger partial charge in [-0.1, -0.05) is 6.07 Å². The molecule has 6 heteroatoms. The molecule has 5 nitrogen and oxygen atoms in total. The topological polar surface area (TPSA) is 67.6 Å². The summed E-state index contributed by atoms with van der Waals surface area (Å²) in [6.45, 7) is 5.98. The maximum atomic E-state index is 14.0. The number of ether oxygens (including phenoxy) is 1. The van der Waals surface area contributed by atoms with Gasteiger partial charge in [0.15, 0.2) is 0 Å². The van der Waals surface area contributed by atoms with E-state index in [0.29, 0.717) is 18.8 Å². The molecule has 3 N–H and O–H groups in total. The summed E-state index contributed by atoms with van der Waals surface area (Å²) in [5.41, 5.74) is 6.45. The van der Waals surface area contributed by atoms with Gasteiger partial charge in [-0.25, -0.2) is 9.18 Å². The fourth-order valence-corrected chi connectivity index (χ4v) is 2.00. The van der Waals surface area contributed by atoms with Gasteiger partial charge in [0.2, 0.25) is 0 Å². The molecule has 1 unspecified atom stereocenters. The highest BCUT2D eigenvalue weighted by Crippen LogP contribution is 2.22. The van der Waals surface area contributed by atoms with Crippen molar-refractivity contribution in [2.24, 2.45) is 5.73 Å². The molecule has 0 bridgehead atoms. The van der Waals surface area contributed by atoms with Crippen LogP contribution in [0.25, 0.3) is 0 Å². The van der Waals surface area contributed by atoms with Crippen molar-refractivity contribution >= 4 is 11.8 Å². The van der Waals surface area contributed by atoms with E-state index in [9.17, 15) is 9.18 Å². The molecule has 0 radical (unpaired) electrons.